The van der Waals surface area contributed by atoms with Crippen LogP contribution in [0, 0.1) is 0 Å². The molecule has 1 fully saturated rings. The van der Waals surface area contributed by atoms with Gasteiger partial charge < -0.3 is 18.8 Å². The molecule has 0 spiro atoms. The van der Waals surface area contributed by atoms with E-state index in [1.165, 1.54) is 0 Å². The highest BCUT2D eigenvalue weighted by molar-refractivity contribution is 6.62. The van der Waals surface area contributed by atoms with Crippen LogP contribution in [-0.4, -0.2) is 25.4 Å². The van der Waals surface area contributed by atoms with E-state index in [1.54, 1.807) is 7.11 Å². The Bertz CT molecular complexity index is 724. The summed E-state index contributed by atoms with van der Waals surface area (Å²) in [6.45, 7) is 9.36. The van der Waals surface area contributed by atoms with Crippen molar-refractivity contribution in [1.29, 1.82) is 0 Å². The van der Waals surface area contributed by atoms with Crippen LogP contribution in [0.4, 0.5) is 0 Å². The molecule has 138 valence electrons. The summed E-state index contributed by atoms with van der Waals surface area (Å²) in [7, 11) is 1.34. The van der Waals surface area contributed by atoms with Crippen molar-refractivity contribution in [3.63, 3.8) is 0 Å². The van der Waals surface area contributed by atoms with Crippen LogP contribution in [0.15, 0.2) is 48.5 Å². The number of benzene rings is 2. The second-order valence-corrected chi connectivity index (χ2v) is 7.67. The van der Waals surface area contributed by atoms with Gasteiger partial charge in [-0.1, -0.05) is 36.4 Å². The van der Waals surface area contributed by atoms with Gasteiger partial charge in [-0.05, 0) is 56.4 Å². The van der Waals surface area contributed by atoms with E-state index in [0.717, 1.165) is 22.3 Å². The van der Waals surface area contributed by atoms with Gasteiger partial charge >= 0.3 is 7.12 Å². The first-order valence-corrected chi connectivity index (χ1v) is 8.96. The molecule has 0 N–H and O–H groups in total. The molecule has 26 heavy (non-hydrogen) atoms. The Labute approximate surface area is 156 Å². The summed E-state index contributed by atoms with van der Waals surface area (Å²) in [5.41, 5.74) is 2.60. The SMILES string of the molecule is COc1cccc(COCc2ccc(B3OC(C)(C)C(C)(C)O3)cc2)c1. The third-order valence-corrected chi connectivity index (χ3v) is 5.18. The molecule has 2 aromatic rings. The first-order chi connectivity index (χ1) is 12.3. The van der Waals surface area contributed by atoms with Crippen LogP contribution < -0.4 is 10.2 Å². The number of hydrogen-bond acceptors (Lipinski definition) is 4. The van der Waals surface area contributed by atoms with Crippen LogP contribution >= 0.6 is 0 Å². The van der Waals surface area contributed by atoms with Gasteiger partial charge in [0.1, 0.15) is 5.75 Å². The van der Waals surface area contributed by atoms with Gasteiger partial charge in [0.25, 0.3) is 0 Å². The molecule has 0 aromatic heterocycles. The van der Waals surface area contributed by atoms with Crippen LogP contribution in [0.2, 0.25) is 0 Å². The molecule has 0 unspecified atom stereocenters. The maximum absolute atomic E-state index is 6.09. The molecular formula is C21H27BO4. The van der Waals surface area contributed by atoms with Gasteiger partial charge in [-0.15, -0.1) is 0 Å². The Morgan fingerprint density at radius 2 is 1.46 bits per heavy atom. The molecular weight excluding hydrogens is 327 g/mol. The monoisotopic (exact) mass is 354 g/mol. The maximum Gasteiger partial charge on any atom is 0.494 e. The van der Waals surface area contributed by atoms with E-state index < -0.39 is 0 Å². The van der Waals surface area contributed by atoms with Gasteiger partial charge in [0.05, 0.1) is 31.5 Å². The zero-order chi connectivity index (χ0) is 18.8. The van der Waals surface area contributed by atoms with Crippen LogP contribution in [0.3, 0.4) is 0 Å². The topological polar surface area (TPSA) is 36.9 Å². The van der Waals surface area contributed by atoms with Crippen molar-refractivity contribution < 1.29 is 18.8 Å². The lowest BCUT2D eigenvalue weighted by molar-refractivity contribution is 0.00578. The van der Waals surface area contributed by atoms with Crippen LogP contribution in [0.25, 0.3) is 0 Å². The molecule has 2 aromatic carbocycles. The molecule has 3 rings (SSSR count). The van der Waals surface area contributed by atoms with Crippen molar-refractivity contribution in [1.82, 2.24) is 0 Å². The van der Waals surface area contributed by atoms with Gasteiger partial charge in [0, 0.05) is 0 Å². The molecule has 1 saturated heterocycles. The smallest absolute Gasteiger partial charge is 0.494 e. The minimum atomic E-state index is -0.327. The van der Waals surface area contributed by atoms with Crippen LogP contribution in [0.5, 0.6) is 5.75 Å². The van der Waals surface area contributed by atoms with Gasteiger partial charge in [-0.25, -0.2) is 0 Å². The van der Waals surface area contributed by atoms with Crippen molar-refractivity contribution in [3.8, 4) is 5.75 Å². The number of rotatable bonds is 6. The fraction of sp³-hybridized carbons (Fsp3) is 0.429. The van der Waals surface area contributed by atoms with Gasteiger partial charge in [0.2, 0.25) is 0 Å². The van der Waals surface area contributed by atoms with Crippen molar-refractivity contribution >= 4 is 12.6 Å². The maximum atomic E-state index is 6.09. The third-order valence-electron chi connectivity index (χ3n) is 5.18. The van der Waals surface area contributed by atoms with E-state index in [1.807, 2.05) is 36.4 Å². The lowest BCUT2D eigenvalue weighted by Gasteiger charge is -2.32. The predicted molar refractivity (Wildman–Crippen MR) is 104 cm³/mol. The van der Waals surface area contributed by atoms with E-state index in [9.17, 15) is 0 Å². The van der Waals surface area contributed by atoms with E-state index in [2.05, 4.69) is 39.8 Å². The molecule has 0 bridgehead atoms. The molecule has 0 radical (unpaired) electrons. The number of ether oxygens (including phenoxy) is 2. The third kappa shape index (κ3) is 4.12. The molecule has 0 amide bonds. The standard InChI is InChI=1S/C21H27BO4/c1-20(2)21(3,4)26-22(25-20)18-11-9-16(10-12-18)14-24-15-17-7-6-8-19(13-17)23-5/h6-13H,14-15H2,1-5H3. The minimum Gasteiger partial charge on any atom is -0.497 e. The van der Waals surface area contributed by atoms with Gasteiger partial charge in [-0.2, -0.15) is 0 Å². The van der Waals surface area contributed by atoms with Crippen molar-refractivity contribution in [2.45, 2.75) is 52.1 Å². The van der Waals surface area contributed by atoms with Crippen molar-refractivity contribution in [2.75, 3.05) is 7.11 Å². The summed E-state index contributed by atoms with van der Waals surface area (Å²) >= 11 is 0. The van der Waals surface area contributed by atoms with Crippen LogP contribution in [0.1, 0.15) is 38.8 Å². The van der Waals surface area contributed by atoms with E-state index in [4.69, 9.17) is 18.8 Å². The second kappa shape index (κ2) is 7.43. The number of hydrogen-bond donors (Lipinski definition) is 0. The second-order valence-electron chi connectivity index (χ2n) is 7.67. The zero-order valence-electron chi connectivity index (χ0n) is 16.2. The molecule has 0 aliphatic carbocycles. The first kappa shape index (κ1) is 19.0. The average molecular weight is 354 g/mol. The highest BCUT2D eigenvalue weighted by Crippen LogP contribution is 2.36. The Morgan fingerprint density at radius 1 is 0.846 bits per heavy atom. The highest BCUT2D eigenvalue weighted by atomic mass is 16.7. The normalized spacial score (nSPS) is 18.1. The Hall–Kier alpha value is -1.82. The van der Waals surface area contributed by atoms with E-state index in [0.29, 0.717) is 13.2 Å². The quantitative estimate of drug-likeness (QED) is 0.741. The molecule has 1 aliphatic heterocycles. The molecule has 0 saturated carbocycles. The van der Waals surface area contributed by atoms with Gasteiger partial charge in [0.15, 0.2) is 0 Å². The molecule has 4 nitrogen and oxygen atoms in total. The summed E-state index contributed by atoms with van der Waals surface area (Å²) in [5, 5.41) is 0. The Kier molecular flexibility index (Phi) is 5.42. The zero-order valence-corrected chi connectivity index (χ0v) is 16.2. The van der Waals surface area contributed by atoms with E-state index >= 15 is 0 Å². The lowest BCUT2D eigenvalue weighted by atomic mass is 9.79. The van der Waals surface area contributed by atoms with Crippen LogP contribution in [-0.2, 0) is 27.3 Å². The minimum absolute atomic E-state index is 0.323. The Balaban J connectivity index is 1.55. The number of methoxy groups -OCH3 is 1. The fourth-order valence-electron chi connectivity index (χ4n) is 2.80. The van der Waals surface area contributed by atoms with E-state index in [-0.39, 0.29) is 18.3 Å². The van der Waals surface area contributed by atoms with Gasteiger partial charge in [-0.3, -0.25) is 0 Å². The van der Waals surface area contributed by atoms with Crippen molar-refractivity contribution in [2.24, 2.45) is 0 Å². The average Bonchev–Trinajstić information content (AvgIpc) is 2.83. The summed E-state index contributed by atoms with van der Waals surface area (Å²) in [6.07, 6.45) is 0. The fourth-order valence-corrected chi connectivity index (χ4v) is 2.80. The lowest BCUT2D eigenvalue weighted by Crippen LogP contribution is -2.41. The summed E-state index contributed by atoms with van der Waals surface area (Å²) in [5.74, 6) is 0.845. The predicted octanol–water partition coefficient (Wildman–Crippen LogP) is 3.71. The molecule has 1 aliphatic rings. The first-order valence-electron chi connectivity index (χ1n) is 8.96. The summed E-state index contributed by atoms with van der Waals surface area (Å²) in [6, 6.07) is 16.1. The molecule has 1 heterocycles. The molecule has 0 atom stereocenters. The largest absolute Gasteiger partial charge is 0.497 e. The summed E-state index contributed by atoms with van der Waals surface area (Å²) < 4.78 is 23.2. The summed E-state index contributed by atoms with van der Waals surface area (Å²) in [4.78, 5) is 0. The Morgan fingerprint density at radius 3 is 2.08 bits per heavy atom. The molecule has 5 heteroatoms. The van der Waals surface area contributed by atoms with Crippen molar-refractivity contribution in [3.05, 3.63) is 59.7 Å². The highest BCUT2D eigenvalue weighted by Gasteiger charge is 2.51.